The zero-order valence-corrected chi connectivity index (χ0v) is 18.9. The van der Waals surface area contributed by atoms with Gasteiger partial charge in [0.25, 0.3) is 0 Å². The molecule has 0 radical (unpaired) electrons. The summed E-state index contributed by atoms with van der Waals surface area (Å²) in [6.07, 6.45) is 4.72. The topological polar surface area (TPSA) is 57.8 Å². The Kier molecular flexibility index (Phi) is 7.40. The van der Waals surface area contributed by atoms with Gasteiger partial charge in [0.1, 0.15) is 5.82 Å². The van der Waals surface area contributed by atoms with E-state index >= 15 is 0 Å². The van der Waals surface area contributed by atoms with Gasteiger partial charge in [-0.15, -0.1) is 10.2 Å². The molecule has 160 valence electrons. The molecule has 0 saturated carbocycles. The summed E-state index contributed by atoms with van der Waals surface area (Å²) < 4.78 is 9.53. The van der Waals surface area contributed by atoms with Crippen molar-refractivity contribution in [2.24, 2.45) is 0 Å². The second-order valence-electron chi connectivity index (χ2n) is 7.03. The van der Waals surface area contributed by atoms with Crippen LogP contribution in [0.3, 0.4) is 0 Å². The van der Waals surface area contributed by atoms with Crippen LogP contribution in [0.2, 0.25) is 5.02 Å². The van der Waals surface area contributed by atoms with Crippen molar-refractivity contribution in [3.63, 3.8) is 0 Å². The molecule has 2 heterocycles. The summed E-state index contributed by atoms with van der Waals surface area (Å²) in [7, 11) is 1.71. The van der Waals surface area contributed by atoms with Crippen molar-refractivity contribution in [3.8, 4) is 11.4 Å². The third-order valence-corrected chi connectivity index (χ3v) is 6.18. The summed E-state index contributed by atoms with van der Waals surface area (Å²) in [5, 5.41) is 10.4. The molecular weight excluding hydrogens is 430 g/mol. The molecule has 0 amide bonds. The smallest absolute Gasteiger partial charge is 0.191 e. The molecule has 0 fully saturated rings. The number of hydrogen-bond acceptors (Lipinski definition) is 5. The van der Waals surface area contributed by atoms with Gasteiger partial charge in [0.05, 0.1) is 10.8 Å². The van der Waals surface area contributed by atoms with E-state index in [1.54, 1.807) is 18.9 Å². The van der Waals surface area contributed by atoms with E-state index in [0.717, 1.165) is 41.9 Å². The number of thioether (sulfide) groups is 1. The van der Waals surface area contributed by atoms with Crippen LogP contribution in [0.25, 0.3) is 11.4 Å². The predicted molar refractivity (Wildman–Crippen MR) is 124 cm³/mol. The maximum absolute atomic E-state index is 6.43. The van der Waals surface area contributed by atoms with Crippen molar-refractivity contribution in [1.29, 1.82) is 0 Å². The highest BCUT2D eigenvalue weighted by molar-refractivity contribution is 7.98. The van der Waals surface area contributed by atoms with Gasteiger partial charge < -0.3 is 13.9 Å². The summed E-state index contributed by atoms with van der Waals surface area (Å²) in [5.74, 6) is 2.47. The van der Waals surface area contributed by atoms with Crippen molar-refractivity contribution in [1.82, 2.24) is 24.3 Å². The van der Waals surface area contributed by atoms with Crippen LogP contribution in [0.1, 0.15) is 17.8 Å². The number of benzene rings is 2. The monoisotopic (exact) mass is 453 g/mol. The van der Waals surface area contributed by atoms with E-state index in [-0.39, 0.29) is 0 Å². The Hall–Kier alpha value is -2.61. The Bertz CT molecular complexity index is 1110. The first kappa shape index (κ1) is 21.6. The standard InChI is InChI=1S/C23H24ClN5OS/c1-30-15-7-13-29-22(19-10-5-6-11-20(19)24)26-27-23(29)31-17-21-25-12-14-28(21)16-18-8-3-2-4-9-18/h2-6,8-12,14H,7,13,15-17H2,1H3. The van der Waals surface area contributed by atoms with E-state index < -0.39 is 0 Å². The second-order valence-corrected chi connectivity index (χ2v) is 8.38. The van der Waals surface area contributed by atoms with Crippen LogP contribution in [-0.4, -0.2) is 38.0 Å². The van der Waals surface area contributed by atoms with Crippen LogP contribution in [0.5, 0.6) is 0 Å². The molecule has 0 aliphatic heterocycles. The fourth-order valence-corrected chi connectivity index (χ4v) is 4.49. The highest BCUT2D eigenvalue weighted by Crippen LogP contribution is 2.30. The average Bonchev–Trinajstić information content (AvgIpc) is 3.40. The summed E-state index contributed by atoms with van der Waals surface area (Å²) in [6.45, 7) is 2.22. The first-order valence-corrected chi connectivity index (χ1v) is 11.5. The Morgan fingerprint density at radius 2 is 1.84 bits per heavy atom. The fourth-order valence-electron chi connectivity index (χ4n) is 3.34. The van der Waals surface area contributed by atoms with E-state index in [4.69, 9.17) is 16.3 Å². The molecule has 8 heteroatoms. The van der Waals surface area contributed by atoms with Crippen LogP contribution in [-0.2, 0) is 23.6 Å². The van der Waals surface area contributed by atoms with Crippen molar-refractivity contribution in [2.45, 2.75) is 30.4 Å². The Balaban J connectivity index is 1.54. The highest BCUT2D eigenvalue weighted by atomic mass is 35.5. The van der Waals surface area contributed by atoms with Gasteiger partial charge in [-0.25, -0.2) is 4.98 Å². The number of rotatable bonds is 10. The number of ether oxygens (including phenoxy) is 1. The van der Waals surface area contributed by atoms with Gasteiger partial charge in [-0.3, -0.25) is 0 Å². The molecule has 0 spiro atoms. The van der Waals surface area contributed by atoms with E-state index in [0.29, 0.717) is 17.4 Å². The van der Waals surface area contributed by atoms with Crippen LogP contribution < -0.4 is 0 Å². The van der Waals surface area contributed by atoms with E-state index in [1.807, 2.05) is 42.7 Å². The molecule has 0 aliphatic rings. The molecule has 0 bridgehead atoms. The number of methoxy groups -OCH3 is 1. The average molecular weight is 454 g/mol. The zero-order valence-electron chi connectivity index (χ0n) is 17.3. The summed E-state index contributed by atoms with van der Waals surface area (Å²) >= 11 is 8.06. The maximum Gasteiger partial charge on any atom is 0.191 e. The lowest BCUT2D eigenvalue weighted by Gasteiger charge is -2.11. The molecule has 0 aliphatic carbocycles. The normalized spacial score (nSPS) is 11.2. The minimum atomic E-state index is 0.665. The van der Waals surface area contributed by atoms with Crippen molar-refractivity contribution in [2.75, 3.05) is 13.7 Å². The van der Waals surface area contributed by atoms with Crippen molar-refractivity contribution >= 4 is 23.4 Å². The molecule has 0 saturated heterocycles. The zero-order chi connectivity index (χ0) is 21.5. The Morgan fingerprint density at radius 3 is 2.65 bits per heavy atom. The molecule has 31 heavy (non-hydrogen) atoms. The van der Waals surface area contributed by atoms with Gasteiger partial charge in [0, 0.05) is 44.8 Å². The summed E-state index contributed by atoms with van der Waals surface area (Å²) in [4.78, 5) is 4.56. The number of imidazole rings is 1. The molecule has 2 aromatic heterocycles. The molecule has 0 unspecified atom stereocenters. The van der Waals surface area contributed by atoms with E-state index in [2.05, 4.69) is 48.6 Å². The van der Waals surface area contributed by atoms with E-state index in [1.165, 1.54) is 5.56 Å². The van der Waals surface area contributed by atoms with Crippen LogP contribution in [0, 0.1) is 0 Å². The van der Waals surface area contributed by atoms with Gasteiger partial charge in [0.2, 0.25) is 0 Å². The van der Waals surface area contributed by atoms with Crippen molar-refractivity contribution in [3.05, 3.63) is 83.4 Å². The van der Waals surface area contributed by atoms with Gasteiger partial charge >= 0.3 is 0 Å². The number of halogens is 1. The highest BCUT2D eigenvalue weighted by Gasteiger charge is 2.17. The number of hydrogen-bond donors (Lipinski definition) is 0. The summed E-state index contributed by atoms with van der Waals surface area (Å²) in [5.41, 5.74) is 2.13. The minimum absolute atomic E-state index is 0.665. The predicted octanol–water partition coefficient (Wildman–Crippen LogP) is 5.17. The maximum atomic E-state index is 6.43. The SMILES string of the molecule is COCCCn1c(SCc2nccn2Cc2ccccc2)nnc1-c1ccccc1Cl. The van der Waals surface area contributed by atoms with Crippen LogP contribution in [0.4, 0.5) is 0 Å². The lowest BCUT2D eigenvalue weighted by atomic mass is 10.2. The van der Waals surface area contributed by atoms with E-state index in [9.17, 15) is 0 Å². The lowest BCUT2D eigenvalue weighted by Crippen LogP contribution is -2.07. The molecule has 6 nitrogen and oxygen atoms in total. The first-order valence-electron chi connectivity index (χ1n) is 10.1. The molecule has 0 atom stereocenters. The van der Waals surface area contributed by atoms with Crippen LogP contribution >= 0.6 is 23.4 Å². The first-order chi connectivity index (χ1) is 15.3. The molecule has 0 N–H and O–H groups in total. The van der Waals surface area contributed by atoms with Crippen LogP contribution in [0.15, 0.2) is 72.1 Å². The lowest BCUT2D eigenvalue weighted by molar-refractivity contribution is 0.189. The molecule has 4 rings (SSSR count). The minimum Gasteiger partial charge on any atom is -0.385 e. The van der Waals surface area contributed by atoms with Gasteiger partial charge in [0.15, 0.2) is 11.0 Å². The quantitative estimate of drug-likeness (QED) is 0.245. The molecular formula is C23H24ClN5OS. The number of aromatic nitrogens is 5. The second kappa shape index (κ2) is 10.6. The number of nitrogens with zero attached hydrogens (tertiary/aromatic N) is 5. The third kappa shape index (κ3) is 5.36. The van der Waals surface area contributed by atoms with Gasteiger partial charge in [-0.2, -0.15) is 0 Å². The van der Waals surface area contributed by atoms with Gasteiger partial charge in [-0.05, 0) is 24.1 Å². The van der Waals surface area contributed by atoms with Gasteiger partial charge in [-0.1, -0.05) is 65.8 Å². The Morgan fingerprint density at radius 1 is 1.03 bits per heavy atom. The Labute approximate surface area is 191 Å². The molecule has 2 aromatic carbocycles. The summed E-state index contributed by atoms with van der Waals surface area (Å²) in [6, 6.07) is 18.1. The largest absolute Gasteiger partial charge is 0.385 e. The fraction of sp³-hybridized carbons (Fsp3) is 0.261. The van der Waals surface area contributed by atoms with Crippen molar-refractivity contribution < 1.29 is 4.74 Å². The third-order valence-electron chi connectivity index (χ3n) is 4.89. The molecule has 4 aromatic rings.